The van der Waals surface area contributed by atoms with Gasteiger partial charge in [-0.2, -0.15) is 0 Å². The lowest BCUT2D eigenvalue weighted by atomic mass is 9.90. The van der Waals surface area contributed by atoms with Crippen molar-refractivity contribution in [2.24, 2.45) is 10.9 Å². The first-order valence-electron chi connectivity index (χ1n) is 19.0. The summed E-state index contributed by atoms with van der Waals surface area (Å²) in [4.78, 5) is 64.9. The van der Waals surface area contributed by atoms with E-state index < -0.39 is 23.8 Å². The average Bonchev–Trinajstić information content (AvgIpc) is 3.78. The van der Waals surface area contributed by atoms with Crippen molar-refractivity contribution in [2.75, 3.05) is 13.1 Å². The van der Waals surface area contributed by atoms with Crippen LogP contribution in [0, 0.1) is 31.6 Å². The zero-order valence-electron chi connectivity index (χ0n) is 31.5. The molecule has 0 aliphatic carbocycles. The van der Waals surface area contributed by atoms with Gasteiger partial charge in [-0.25, -0.2) is 4.98 Å². The number of aliphatic imine (C=N–C) groups is 1. The second kappa shape index (κ2) is 14.6. The minimum Gasteiger partial charge on any atom is -0.298 e. The summed E-state index contributed by atoms with van der Waals surface area (Å²) in [6.45, 7) is 8.68. The smallest absolute Gasteiger partial charge is 0.262 e. The third kappa shape index (κ3) is 6.67. The van der Waals surface area contributed by atoms with Gasteiger partial charge in [0.1, 0.15) is 28.6 Å². The number of benzene rings is 2. The Morgan fingerprint density at radius 3 is 2.51 bits per heavy atom. The summed E-state index contributed by atoms with van der Waals surface area (Å²) in [7, 11) is 0. The second-order valence-electron chi connectivity index (χ2n) is 15.0. The number of thiophene rings is 1. The molecule has 4 amide bonds. The topological polar surface area (TPSA) is 143 Å². The van der Waals surface area contributed by atoms with Crippen molar-refractivity contribution in [3.63, 3.8) is 0 Å². The van der Waals surface area contributed by atoms with Gasteiger partial charge in [0.2, 0.25) is 11.8 Å². The molecule has 2 aromatic carbocycles. The number of hydrogen-bond acceptors (Lipinski definition) is 10. The maximum Gasteiger partial charge on any atom is 0.262 e. The molecule has 0 spiro atoms. The molecule has 12 nitrogen and oxygen atoms in total. The van der Waals surface area contributed by atoms with Gasteiger partial charge in [-0.15, -0.1) is 21.5 Å². The Labute approximate surface area is 338 Å². The molecule has 0 bridgehead atoms. The van der Waals surface area contributed by atoms with Crippen LogP contribution in [0.5, 0.6) is 0 Å². The van der Waals surface area contributed by atoms with Gasteiger partial charge in [0, 0.05) is 48.4 Å². The molecule has 0 radical (unpaired) electrons. The van der Waals surface area contributed by atoms with Crippen LogP contribution >= 0.6 is 22.9 Å². The molecule has 4 aliphatic heterocycles. The number of piperidine rings is 1. The third-order valence-corrected chi connectivity index (χ3v) is 12.6. The van der Waals surface area contributed by atoms with Crippen molar-refractivity contribution >= 4 is 52.3 Å². The number of nitrogens with zero attached hydrogens (tertiary/aromatic N) is 7. The monoisotopic (exact) mass is 796 g/mol. The zero-order chi connectivity index (χ0) is 39.5. The van der Waals surface area contributed by atoms with Gasteiger partial charge < -0.3 is 0 Å². The van der Waals surface area contributed by atoms with Crippen LogP contribution in [0.4, 0.5) is 0 Å². The molecule has 2 atom stereocenters. The first-order chi connectivity index (χ1) is 27.5. The number of rotatable bonds is 7. The molecular weight excluding hydrogens is 760 g/mol. The molecule has 9 rings (SSSR count). The number of fused-ring (bicyclic) bond motifs is 4. The van der Waals surface area contributed by atoms with Crippen LogP contribution in [0.1, 0.15) is 103 Å². The summed E-state index contributed by atoms with van der Waals surface area (Å²) in [6.07, 6.45) is 3.64. The Kier molecular flexibility index (Phi) is 9.43. The van der Waals surface area contributed by atoms with E-state index in [-0.39, 0.29) is 24.8 Å². The van der Waals surface area contributed by atoms with Gasteiger partial charge in [0.05, 0.1) is 21.7 Å². The van der Waals surface area contributed by atoms with Crippen molar-refractivity contribution < 1.29 is 19.2 Å². The van der Waals surface area contributed by atoms with Crippen LogP contribution in [0.15, 0.2) is 65.8 Å². The van der Waals surface area contributed by atoms with E-state index in [2.05, 4.69) is 54.8 Å². The van der Waals surface area contributed by atoms with Gasteiger partial charge in [0.25, 0.3) is 11.8 Å². The molecule has 57 heavy (non-hydrogen) atoms. The van der Waals surface area contributed by atoms with E-state index in [0.717, 1.165) is 86.0 Å². The lowest BCUT2D eigenvalue weighted by molar-refractivity contribution is -0.136. The molecule has 2 saturated heterocycles. The highest BCUT2D eigenvalue weighted by atomic mass is 35.5. The first-order valence-corrected chi connectivity index (χ1v) is 20.2. The maximum absolute atomic E-state index is 13.5. The van der Waals surface area contributed by atoms with Crippen molar-refractivity contribution in [1.82, 2.24) is 34.9 Å². The molecule has 1 unspecified atom stereocenters. The number of imide groups is 2. The fourth-order valence-corrected chi connectivity index (χ4v) is 9.55. The van der Waals surface area contributed by atoms with Crippen molar-refractivity contribution in [3.8, 4) is 16.8 Å². The average molecular weight is 797 g/mol. The highest BCUT2D eigenvalue weighted by Gasteiger charge is 2.45. The number of aromatic nitrogens is 4. The van der Waals surface area contributed by atoms with Crippen LogP contribution in [0.3, 0.4) is 0 Å². The zero-order valence-corrected chi connectivity index (χ0v) is 33.1. The Morgan fingerprint density at radius 1 is 0.947 bits per heavy atom. The standard InChI is InChI=1S/C43H37ClN8O4S/c1-23-34(57-43-36(23)38(29-10-12-30(44)13-11-29)46-24(2)39-49-48-25(3)51(39)43)17-15-31-14-8-26(19-45-31)20-50-21-27(22-50)7-9-28-5-4-6-32-37(28)42(56)52(41(32)55)33-16-18-35(53)47-40(33)54/h4-6,8,10-14,19,24,27,33H,7,9,16,18,20-22H2,1-3H3,(H,47,53,54)/t24-,33?/m0/s1. The Hall–Kier alpha value is -5.81. The van der Waals surface area contributed by atoms with Gasteiger partial charge >= 0.3 is 0 Å². The third-order valence-electron chi connectivity index (χ3n) is 11.2. The summed E-state index contributed by atoms with van der Waals surface area (Å²) in [5.41, 5.74) is 7.22. The molecular formula is C43H37ClN8O4S. The number of pyridine rings is 1. The van der Waals surface area contributed by atoms with Gasteiger partial charge in [-0.05, 0) is 98.7 Å². The van der Waals surface area contributed by atoms with Crippen LogP contribution in [0.25, 0.3) is 5.00 Å². The molecule has 0 saturated carbocycles. The Balaban J connectivity index is 0.839. The number of hydrogen-bond donors (Lipinski definition) is 1. The van der Waals surface area contributed by atoms with E-state index in [1.807, 2.05) is 56.4 Å². The maximum atomic E-state index is 13.5. The van der Waals surface area contributed by atoms with Crippen molar-refractivity contribution in [2.45, 2.75) is 65.1 Å². The van der Waals surface area contributed by atoms with Gasteiger partial charge in [-0.3, -0.25) is 43.9 Å². The number of halogens is 1. The largest absolute Gasteiger partial charge is 0.298 e. The van der Waals surface area contributed by atoms with E-state index in [9.17, 15) is 19.2 Å². The van der Waals surface area contributed by atoms with Crippen LogP contribution < -0.4 is 5.32 Å². The van der Waals surface area contributed by atoms with E-state index >= 15 is 0 Å². The summed E-state index contributed by atoms with van der Waals surface area (Å²) in [5, 5.41) is 12.8. The summed E-state index contributed by atoms with van der Waals surface area (Å²) < 4.78 is 2.10. The molecule has 3 aromatic heterocycles. The number of nitrogens with one attached hydrogen (secondary N) is 1. The molecule has 7 heterocycles. The predicted octanol–water partition coefficient (Wildman–Crippen LogP) is 5.77. The number of carbonyl (C=O) groups excluding carboxylic acids is 4. The summed E-state index contributed by atoms with van der Waals surface area (Å²) >= 11 is 7.84. The molecule has 1 N–H and O–H groups in total. The number of amides is 4. The fraction of sp³-hybridized carbons (Fsp3) is 0.302. The first kappa shape index (κ1) is 36.8. The van der Waals surface area contributed by atoms with E-state index in [0.29, 0.717) is 34.2 Å². The quantitative estimate of drug-likeness (QED) is 0.162. The SMILES string of the molecule is Cc1c(C#Cc2ccc(CN3CC(CCc4cccc5c4C(=O)N(C4CCC(=O)NC4=O)C5=O)C3)cn2)sc2c1C(c1ccc(Cl)cc1)=N[C@@H](C)c1nnc(C)n1-2. The normalized spacial score (nSPS) is 19.2. The fourth-order valence-electron chi connectivity index (χ4n) is 8.21. The van der Waals surface area contributed by atoms with Gasteiger partial charge in [-0.1, -0.05) is 41.9 Å². The highest BCUT2D eigenvalue weighted by Crippen LogP contribution is 2.39. The van der Waals surface area contributed by atoms with Crippen LogP contribution in [0.2, 0.25) is 5.02 Å². The minimum absolute atomic E-state index is 0.0935. The van der Waals surface area contributed by atoms with Crippen molar-refractivity contribution in [3.05, 3.63) is 127 Å². The number of aryl methyl sites for hydroxylation is 2. The lowest BCUT2D eigenvalue weighted by Crippen LogP contribution is -2.54. The van der Waals surface area contributed by atoms with E-state index in [1.165, 1.54) is 0 Å². The Morgan fingerprint density at radius 2 is 1.75 bits per heavy atom. The van der Waals surface area contributed by atoms with Gasteiger partial charge in [0.15, 0.2) is 5.82 Å². The van der Waals surface area contributed by atoms with Crippen LogP contribution in [-0.4, -0.2) is 78.0 Å². The van der Waals surface area contributed by atoms with E-state index in [1.54, 1.807) is 23.5 Å². The predicted molar refractivity (Wildman–Crippen MR) is 215 cm³/mol. The number of carbonyl (C=O) groups is 4. The summed E-state index contributed by atoms with van der Waals surface area (Å²) in [6, 6.07) is 16.0. The lowest BCUT2D eigenvalue weighted by Gasteiger charge is -2.39. The van der Waals surface area contributed by atoms with E-state index in [4.69, 9.17) is 16.6 Å². The van der Waals surface area contributed by atoms with Crippen LogP contribution in [-0.2, 0) is 22.6 Å². The molecule has 5 aromatic rings. The van der Waals surface area contributed by atoms with Crippen molar-refractivity contribution in [1.29, 1.82) is 0 Å². The molecule has 2 fully saturated rings. The molecule has 286 valence electrons. The minimum atomic E-state index is -0.970. The second-order valence-corrected chi connectivity index (χ2v) is 16.5. The Bertz CT molecular complexity index is 2600. The summed E-state index contributed by atoms with van der Waals surface area (Å²) in [5.74, 6) is 6.79. The highest BCUT2D eigenvalue weighted by molar-refractivity contribution is 7.15. The number of likely N-dealkylation sites (tertiary alicyclic amines) is 1. The molecule has 14 heteroatoms. The molecule has 4 aliphatic rings.